The zero-order chi connectivity index (χ0) is 22.1. The Balaban J connectivity index is 1.89. The smallest absolute Gasteiger partial charge is 0.300 e. The van der Waals surface area contributed by atoms with E-state index in [1.54, 1.807) is 75.7 Å². The molecule has 1 aromatic heterocycles. The molecule has 158 valence electrons. The normalized spacial score (nSPS) is 17.8. The van der Waals surface area contributed by atoms with Crippen molar-refractivity contribution in [3.8, 4) is 11.5 Å². The first kappa shape index (κ1) is 20.3. The lowest BCUT2D eigenvalue weighted by Gasteiger charge is -2.23. The molecular weight excluding hydrogens is 398 g/mol. The summed E-state index contributed by atoms with van der Waals surface area (Å²) in [4.78, 5) is 27.4. The van der Waals surface area contributed by atoms with Crippen LogP contribution in [0.1, 0.15) is 22.9 Å². The lowest BCUT2D eigenvalue weighted by atomic mass is 9.97. The zero-order valence-corrected chi connectivity index (χ0v) is 17.3. The molecule has 1 unspecified atom stereocenters. The molecule has 1 atom stereocenters. The van der Waals surface area contributed by atoms with E-state index in [4.69, 9.17) is 13.9 Å². The van der Waals surface area contributed by atoms with Crippen molar-refractivity contribution < 1.29 is 28.6 Å². The molecule has 3 aromatic rings. The van der Waals surface area contributed by atoms with Crippen LogP contribution in [0.3, 0.4) is 0 Å². The minimum absolute atomic E-state index is 0.0379. The highest BCUT2D eigenvalue weighted by molar-refractivity contribution is 6.51. The quantitative estimate of drug-likeness (QED) is 0.378. The molecule has 4 rings (SSSR count). The third-order valence-corrected chi connectivity index (χ3v) is 5.30. The van der Waals surface area contributed by atoms with Gasteiger partial charge in [0.1, 0.15) is 29.1 Å². The van der Waals surface area contributed by atoms with E-state index >= 15 is 0 Å². The number of ketones is 1. The highest BCUT2D eigenvalue weighted by atomic mass is 16.5. The molecule has 7 heteroatoms. The number of aliphatic hydroxyl groups is 1. The number of amides is 1. The largest absolute Gasteiger partial charge is 0.507 e. The minimum Gasteiger partial charge on any atom is -0.507 e. The van der Waals surface area contributed by atoms with Crippen LogP contribution in [0, 0.1) is 6.92 Å². The second-order valence-corrected chi connectivity index (χ2v) is 7.06. The maximum atomic E-state index is 13.1. The van der Waals surface area contributed by atoms with Gasteiger partial charge in [0.2, 0.25) is 0 Å². The van der Waals surface area contributed by atoms with E-state index in [-0.39, 0.29) is 11.3 Å². The number of methoxy groups -OCH3 is 2. The molecule has 0 aliphatic carbocycles. The van der Waals surface area contributed by atoms with Gasteiger partial charge in [-0.25, -0.2) is 0 Å². The maximum Gasteiger partial charge on any atom is 0.300 e. The predicted molar refractivity (Wildman–Crippen MR) is 114 cm³/mol. The van der Waals surface area contributed by atoms with Gasteiger partial charge in [0.15, 0.2) is 0 Å². The zero-order valence-electron chi connectivity index (χ0n) is 17.3. The van der Waals surface area contributed by atoms with E-state index in [1.807, 2.05) is 0 Å². The van der Waals surface area contributed by atoms with E-state index in [2.05, 4.69) is 0 Å². The first-order valence-corrected chi connectivity index (χ1v) is 9.59. The second-order valence-electron chi connectivity index (χ2n) is 7.06. The number of nitrogens with zero attached hydrogens (tertiary/aromatic N) is 1. The number of aliphatic hydroxyl groups excluding tert-OH is 1. The fourth-order valence-corrected chi connectivity index (χ4v) is 3.73. The average molecular weight is 419 g/mol. The van der Waals surface area contributed by atoms with E-state index in [0.29, 0.717) is 34.1 Å². The van der Waals surface area contributed by atoms with Crippen molar-refractivity contribution in [2.45, 2.75) is 13.0 Å². The van der Waals surface area contributed by atoms with E-state index in [0.717, 1.165) is 0 Å². The summed E-state index contributed by atoms with van der Waals surface area (Å²) in [5.41, 5.74) is 1.58. The summed E-state index contributed by atoms with van der Waals surface area (Å²) in [6.07, 6.45) is 1.46. The Bertz CT molecular complexity index is 1160. The molecule has 1 aliphatic heterocycles. The van der Waals surface area contributed by atoms with Gasteiger partial charge in [0.25, 0.3) is 11.7 Å². The van der Waals surface area contributed by atoms with Crippen molar-refractivity contribution in [3.05, 3.63) is 83.3 Å². The number of hydrogen-bond acceptors (Lipinski definition) is 6. The monoisotopic (exact) mass is 419 g/mol. The van der Waals surface area contributed by atoms with Gasteiger partial charge in [-0.15, -0.1) is 0 Å². The molecule has 1 amide bonds. The molecule has 0 saturated carbocycles. The number of aryl methyl sites for hydroxylation is 1. The van der Waals surface area contributed by atoms with E-state index in [1.165, 1.54) is 11.2 Å². The van der Waals surface area contributed by atoms with Gasteiger partial charge < -0.3 is 19.0 Å². The molecule has 0 radical (unpaired) electrons. The Hall–Kier alpha value is -4.00. The third kappa shape index (κ3) is 3.44. The summed E-state index contributed by atoms with van der Waals surface area (Å²) in [6.45, 7) is 1.79. The summed E-state index contributed by atoms with van der Waals surface area (Å²) in [5, 5.41) is 11.1. The molecule has 7 nitrogen and oxygen atoms in total. The first-order chi connectivity index (χ1) is 15.0. The van der Waals surface area contributed by atoms with Gasteiger partial charge in [-0.2, -0.15) is 0 Å². The van der Waals surface area contributed by atoms with Gasteiger partial charge in [0, 0.05) is 11.3 Å². The summed E-state index contributed by atoms with van der Waals surface area (Å²) in [6, 6.07) is 14.3. The molecule has 2 aromatic carbocycles. The summed E-state index contributed by atoms with van der Waals surface area (Å²) in [7, 11) is 3.09. The van der Waals surface area contributed by atoms with Gasteiger partial charge >= 0.3 is 0 Å². The van der Waals surface area contributed by atoms with Crippen LogP contribution in [0.5, 0.6) is 11.5 Å². The maximum absolute atomic E-state index is 13.1. The number of carbonyl (C=O) groups excluding carboxylic acids is 2. The van der Waals surface area contributed by atoms with Gasteiger partial charge in [0.05, 0.1) is 26.1 Å². The van der Waals surface area contributed by atoms with Crippen LogP contribution in [-0.2, 0) is 9.59 Å². The number of rotatable bonds is 5. The molecule has 31 heavy (non-hydrogen) atoms. The standard InChI is InChI=1S/C24H21NO6/c1-14-13-17(30-3)10-11-18(14)22(26)20-21(19-5-4-12-31-19)25(24(28)23(20)27)15-6-8-16(29-2)9-7-15/h4-13,21,26H,1-3H3/b22-20-. The Morgan fingerprint density at radius 1 is 1.00 bits per heavy atom. The number of benzene rings is 2. The number of ether oxygens (including phenoxy) is 2. The van der Waals surface area contributed by atoms with Gasteiger partial charge in [-0.05, 0) is 67.1 Å². The summed E-state index contributed by atoms with van der Waals surface area (Å²) < 4.78 is 16.0. The lowest BCUT2D eigenvalue weighted by Crippen LogP contribution is -2.29. The molecular formula is C24H21NO6. The molecule has 2 heterocycles. The van der Waals surface area contributed by atoms with Crippen LogP contribution in [0.4, 0.5) is 5.69 Å². The van der Waals surface area contributed by atoms with Crippen molar-refractivity contribution in [3.63, 3.8) is 0 Å². The van der Waals surface area contributed by atoms with Crippen LogP contribution in [0.15, 0.2) is 70.9 Å². The fourth-order valence-electron chi connectivity index (χ4n) is 3.73. The number of furan rings is 1. The van der Waals surface area contributed by atoms with Crippen molar-refractivity contribution >= 4 is 23.1 Å². The number of Topliss-reactive ketones (excluding diaryl/α,β-unsaturated/α-hetero) is 1. The minimum atomic E-state index is -0.912. The third-order valence-electron chi connectivity index (χ3n) is 5.30. The van der Waals surface area contributed by atoms with E-state index in [9.17, 15) is 14.7 Å². The SMILES string of the molecule is COc1ccc(N2C(=O)C(=O)/C(=C(\O)c3ccc(OC)cc3C)C2c2ccco2)cc1. The van der Waals surface area contributed by atoms with Gasteiger partial charge in [-0.3, -0.25) is 14.5 Å². The Morgan fingerprint density at radius 2 is 1.68 bits per heavy atom. The number of carbonyl (C=O) groups is 2. The first-order valence-electron chi connectivity index (χ1n) is 9.59. The number of hydrogen-bond donors (Lipinski definition) is 1. The molecule has 0 spiro atoms. The summed E-state index contributed by atoms with van der Waals surface area (Å²) >= 11 is 0. The molecule has 1 N–H and O–H groups in total. The molecule has 1 fully saturated rings. The summed E-state index contributed by atoms with van der Waals surface area (Å²) in [5.74, 6) is -0.207. The average Bonchev–Trinajstić information content (AvgIpc) is 3.40. The van der Waals surface area contributed by atoms with Crippen molar-refractivity contribution in [2.24, 2.45) is 0 Å². The molecule has 0 bridgehead atoms. The van der Waals surface area contributed by atoms with Crippen LogP contribution < -0.4 is 14.4 Å². The molecule has 1 saturated heterocycles. The highest BCUT2D eigenvalue weighted by Gasteiger charge is 2.48. The predicted octanol–water partition coefficient (Wildman–Crippen LogP) is 4.23. The van der Waals surface area contributed by atoms with Crippen LogP contribution in [-0.4, -0.2) is 31.0 Å². The topological polar surface area (TPSA) is 89.2 Å². The van der Waals surface area contributed by atoms with Crippen molar-refractivity contribution in [1.82, 2.24) is 0 Å². The van der Waals surface area contributed by atoms with Crippen molar-refractivity contribution in [1.29, 1.82) is 0 Å². The number of anilines is 1. The Kier molecular flexibility index (Phi) is 5.25. The molecule has 1 aliphatic rings. The Labute approximate surface area is 179 Å². The fraction of sp³-hybridized carbons (Fsp3) is 0.167. The van der Waals surface area contributed by atoms with Crippen LogP contribution in [0.2, 0.25) is 0 Å². The Morgan fingerprint density at radius 3 is 2.26 bits per heavy atom. The highest BCUT2D eigenvalue weighted by Crippen LogP contribution is 2.43. The lowest BCUT2D eigenvalue weighted by molar-refractivity contribution is -0.132. The van der Waals surface area contributed by atoms with Gasteiger partial charge in [-0.1, -0.05) is 0 Å². The van der Waals surface area contributed by atoms with Crippen molar-refractivity contribution in [2.75, 3.05) is 19.1 Å². The van der Waals surface area contributed by atoms with Crippen LogP contribution >= 0.6 is 0 Å². The van der Waals surface area contributed by atoms with Crippen LogP contribution in [0.25, 0.3) is 5.76 Å². The second kappa shape index (κ2) is 8.02. The van der Waals surface area contributed by atoms with E-state index < -0.39 is 17.7 Å².